The summed E-state index contributed by atoms with van der Waals surface area (Å²) in [5.41, 5.74) is 8.19. The van der Waals surface area contributed by atoms with Crippen molar-refractivity contribution in [2.45, 2.75) is 26.2 Å². The van der Waals surface area contributed by atoms with Crippen LogP contribution in [0.3, 0.4) is 0 Å². The maximum atomic E-state index is 12.0. The van der Waals surface area contributed by atoms with Gasteiger partial charge in [0.15, 0.2) is 6.61 Å². The Morgan fingerprint density at radius 3 is 2.28 bits per heavy atom. The molecule has 2 rings (SSSR count). The van der Waals surface area contributed by atoms with Gasteiger partial charge in [-0.15, -0.1) is 12.4 Å². The first-order valence-corrected chi connectivity index (χ1v) is 7.76. The lowest BCUT2D eigenvalue weighted by Gasteiger charge is -2.19. The second kappa shape index (κ2) is 8.62. The van der Waals surface area contributed by atoms with Gasteiger partial charge in [-0.3, -0.25) is 4.79 Å². The van der Waals surface area contributed by atoms with Crippen LogP contribution in [0.5, 0.6) is 11.5 Å². The van der Waals surface area contributed by atoms with E-state index >= 15 is 0 Å². The Hall–Kier alpha value is -2.40. The van der Waals surface area contributed by atoms with E-state index < -0.39 is 0 Å². The quantitative estimate of drug-likeness (QED) is 0.786. The van der Waals surface area contributed by atoms with Crippen LogP contribution in [0.2, 0.25) is 0 Å². The fourth-order valence-corrected chi connectivity index (χ4v) is 2.21. The Balaban J connectivity index is 0.00000312. The SMILES string of the molecule is COc1ccc(NC(=O)COc2ccc(C(C)(C)C)cc2)cc1N.Cl. The molecule has 0 aliphatic carbocycles. The predicted molar refractivity (Wildman–Crippen MR) is 104 cm³/mol. The van der Waals surface area contributed by atoms with Gasteiger partial charge >= 0.3 is 0 Å². The third kappa shape index (κ3) is 5.87. The number of nitrogens with two attached hydrogens (primary N) is 1. The Bertz CT molecular complexity index is 710. The summed E-state index contributed by atoms with van der Waals surface area (Å²) in [5.74, 6) is 0.982. The summed E-state index contributed by atoms with van der Waals surface area (Å²) in [4.78, 5) is 12.0. The first kappa shape index (κ1) is 20.6. The predicted octanol–water partition coefficient (Wildman–Crippen LogP) is 4.01. The molecule has 0 unspecified atom stereocenters. The van der Waals surface area contributed by atoms with Crippen LogP contribution in [0, 0.1) is 0 Å². The molecule has 2 aromatic rings. The van der Waals surface area contributed by atoms with Gasteiger partial charge < -0.3 is 20.5 Å². The Morgan fingerprint density at radius 1 is 1.12 bits per heavy atom. The van der Waals surface area contributed by atoms with Crippen molar-refractivity contribution in [1.29, 1.82) is 0 Å². The zero-order chi connectivity index (χ0) is 17.7. The van der Waals surface area contributed by atoms with Crippen molar-refractivity contribution < 1.29 is 14.3 Å². The minimum atomic E-state index is -0.250. The Morgan fingerprint density at radius 2 is 1.76 bits per heavy atom. The normalized spacial score (nSPS) is 10.6. The molecule has 1 amide bonds. The molecule has 0 saturated carbocycles. The van der Waals surface area contributed by atoms with Crippen LogP contribution < -0.4 is 20.5 Å². The number of hydrogen-bond donors (Lipinski definition) is 2. The molecule has 0 aromatic heterocycles. The maximum Gasteiger partial charge on any atom is 0.262 e. The molecule has 3 N–H and O–H groups in total. The molecule has 0 bridgehead atoms. The van der Waals surface area contributed by atoms with Crippen LogP contribution in [0.25, 0.3) is 0 Å². The summed E-state index contributed by atoms with van der Waals surface area (Å²) in [6.07, 6.45) is 0. The van der Waals surface area contributed by atoms with Crippen LogP contribution in [0.4, 0.5) is 11.4 Å². The van der Waals surface area contributed by atoms with Gasteiger partial charge in [-0.1, -0.05) is 32.9 Å². The zero-order valence-electron chi connectivity index (χ0n) is 15.0. The monoisotopic (exact) mass is 364 g/mol. The minimum absolute atomic E-state index is 0. The molecule has 0 heterocycles. The van der Waals surface area contributed by atoms with Gasteiger partial charge in [0.25, 0.3) is 5.91 Å². The molecule has 0 fully saturated rings. The number of benzene rings is 2. The van der Waals surface area contributed by atoms with Gasteiger partial charge in [0.1, 0.15) is 11.5 Å². The second-order valence-corrected chi connectivity index (χ2v) is 6.57. The summed E-state index contributed by atoms with van der Waals surface area (Å²) in [5, 5.41) is 2.74. The number of rotatable bonds is 5. The van der Waals surface area contributed by atoms with E-state index in [0.29, 0.717) is 22.9 Å². The molecule has 25 heavy (non-hydrogen) atoms. The van der Waals surface area contributed by atoms with Crippen molar-refractivity contribution in [3.05, 3.63) is 48.0 Å². The zero-order valence-corrected chi connectivity index (χ0v) is 15.8. The maximum absolute atomic E-state index is 12.0. The van der Waals surface area contributed by atoms with Crippen LogP contribution in [-0.4, -0.2) is 19.6 Å². The lowest BCUT2D eigenvalue weighted by Crippen LogP contribution is -2.20. The fraction of sp³-hybridized carbons (Fsp3) is 0.316. The highest BCUT2D eigenvalue weighted by molar-refractivity contribution is 5.92. The minimum Gasteiger partial charge on any atom is -0.495 e. The highest BCUT2D eigenvalue weighted by Gasteiger charge is 2.13. The molecule has 0 aliphatic heterocycles. The first-order chi connectivity index (χ1) is 11.3. The molecule has 0 saturated heterocycles. The van der Waals surface area contributed by atoms with Gasteiger partial charge in [-0.05, 0) is 41.3 Å². The number of hydrogen-bond acceptors (Lipinski definition) is 4. The van der Waals surface area contributed by atoms with Gasteiger partial charge in [-0.25, -0.2) is 0 Å². The molecular weight excluding hydrogens is 340 g/mol. The average molecular weight is 365 g/mol. The Kier molecular flexibility index (Phi) is 7.12. The van der Waals surface area contributed by atoms with Crippen molar-refractivity contribution in [3.63, 3.8) is 0 Å². The number of nitrogens with one attached hydrogen (secondary N) is 1. The van der Waals surface area contributed by atoms with Crippen molar-refractivity contribution in [2.75, 3.05) is 24.8 Å². The number of methoxy groups -OCH3 is 1. The average Bonchev–Trinajstić information content (AvgIpc) is 2.53. The molecule has 0 atom stereocenters. The lowest BCUT2D eigenvalue weighted by atomic mass is 9.87. The Labute approximate surface area is 154 Å². The van der Waals surface area contributed by atoms with Crippen molar-refractivity contribution in [2.24, 2.45) is 0 Å². The number of halogens is 1. The molecule has 6 heteroatoms. The number of carbonyl (C=O) groups excluding carboxylic acids is 1. The molecule has 0 aliphatic rings. The fourth-order valence-electron chi connectivity index (χ4n) is 2.21. The van der Waals surface area contributed by atoms with E-state index in [2.05, 4.69) is 26.1 Å². The molecule has 136 valence electrons. The smallest absolute Gasteiger partial charge is 0.262 e. The first-order valence-electron chi connectivity index (χ1n) is 7.76. The summed E-state index contributed by atoms with van der Waals surface area (Å²) in [6, 6.07) is 12.9. The van der Waals surface area contributed by atoms with Gasteiger partial charge in [0.05, 0.1) is 12.8 Å². The van der Waals surface area contributed by atoms with Crippen LogP contribution >= 0.6 is 12.4 Å². The summed E-state index contributed by atoms with van der Waals surface area (Å²) in [6.45, 7) is 6.38. The van der Waals surface area contributed by atoms with E-state index in [1.807, 2.05) is 24.3 Å². The summed E-state index contributed by atoms with van der Waals surface area (Å²) in [7, 11) is 1.54. The number of anilines is 2. The highest BCUT2D eigenvalue weighted by atomic mass is 35.5. The molecule has 2 aromatic carbocycles. The highest BCUT2D eigenvalue weighted by Crippen LogP contribution is 2.25. The largest absolute Gasteiger partial charge is 0.495 e. The summed E-state index contributed by atoms with van der Waals surface area (Å²) < 4.78 is 10.6. The second-order valence-electron chi connectivity index (χ2n) is 6.57. The van der Waals surface area contributed by atoms with Crippen LogP contribution in [0.15, 0.2) is 42.5 Å². The van der Waals surface area contributed by atoms with E-state index in [1.165, 1.54) is 5.56 Å². The van der Waals surface area contributed by atoms with Gasteiger partial charge in [0.2, 0.25) is 0 Å². The molecule has 0 radical (unpaired) electrons. The van der Waals surface area contributed by atoms with E-state index in [-0.39, 0.29) is 30.3 Å². The van der Waals surface area contributed by atoms with Crippen molar-refractivity contribution >= 4 is 29.7 Å². The lowest BCUT2D eigenvalue weighted by molar-refractivity contribution is -0.118. The van der Waals surface area contributed by atoms with Crippen LogP contribution in [-0.2, 0) is 10.2 Å². The topological polar surface area (TPSA) is 73.6 Å². The van der Waals surface area contributed by atoms with Crippen LogP contribution in [0.1, 0.15) is 26.3 Å². The van der Waals surface area contributed by atoms with Crippen molar-refractivity contribution in [3.8, 4) is 11.5 Å². The number of ether oxygens (including phenoxy) is 2. The van der Waals surface area contributed by atoms with Crippen molar-refractivity contribution in [1.82, 2.24) is 0 Å². The third-order valence-corrected chi connectivity index (χ3v) is 3.60. The van der Waals surface area contributed by atoms with E-state index in [0.717, 1.165) is 0 Å². The number of carbonyl (C=O) groups is 1. The number of amides is 1. The van der Waals surface area contributed by atoms with Gasteiger partial charge in [-0.2, -0.15) is 0 Å². The molecule has 5 nitrogen and oxygen atoms in total. The number of nitrogen functional groups attached to an aromatic ring is 1. The summed E-state index contributed by atoms with van der Waals surface area (Å²) >= 11 is 0. The standard InChI is InChI=1S/C19H24N2O3.ClH/c1-19(2,3)13-5-8-15(9-6-13)24-12-18(22)21-14-7-10-17(23-4)16(20)11-14;/h5-11H,12,20H2,1-4H3,(H,21,22);1H. The third-order valence-electron chi connectivity index (χ3n) is 3.60. The van der Waals surface area contributed by atoms with E-state index in [1.54, 1.807) is 25.3 Å². The van der Waals surface area contributed by atoms with E-state index in [4.69, 9.17) is 15.2 Å². The van der Waals surface area contributed by atoms with E-state index in [9.17, 15) is 4.79 Å². The van der Waals surface area contributed by atoms with Gasteiger partial charge in [0, 0.05) is 5.69 Å². The molecule has 0 spiro atoms. The molecular formula is C19H25ClN2O3.